The fourth-order valence-electron chi connectivity index (χ4n) is 3.93. The van der Waals surface area contributed by atoms with Crippen LogP contribution >= 0.6 is 0 Å². The third-order valence-corrected chi connectivity index (χ3v) is 5.16. The summed E-state index contributed by atoms with van der Waals surface area (Å²) in [5.74, 6) is 2.09. The average molecular weight is 340 g/mol. The van der Waals surface area contributed by atoms with Gasteiger partial charge in [-0.15, -0.1) is 0 Å². The number of aliphatic imine (C=N–C) groups is 2. The van der Waals surface area contributed by atoms with Crippen molar-refractivity contribution in [1.29, 1.82) is 0 Å². The summed E-state index contributed by atoms with van der Waals surface area (Å²) in [6.07, 6.45) is 5.31. The van der Waals surface area contributed by atoms with E-state index < -0.39 is 0 Å². The SMILES string of the molecule is CC(C)(C)C1=NC(c2ccccc2)=NC(C(C)(C)C)N1C1CCCC1. The van der Waals surface area contributed by atoms with Crippen molar-refractivity contribution in [2.45, 2.75) is 79.4 Å². The van der Waals surface area contributed by atoms with Crippen LogP contribution in [-0.4, -0.2) is 28.8 Å². The van der Waals surface area contributed by atoms with Crippen LogP contribution in [0.5, 0.6) is 0 Å². The molecule has 1 aliphatic heterocycles. The minimum atomic E-state index is 0.00204. The van der Waals surface area contributed by atoms with Gasteiger partial charge in [0.2, 0.25) is 0 Å². The number of hydrogen-bond donors (Lipinski definition) is 0. The molecule has 0 spiro atoms. The zero-order valence-electron chi connectivity index (χ0n) is 16.7. The highest BCUT2D eigenvalue weighted by atomic mass is 15.4. The highest BCUT2D eigenvalue weighted by Crippen LogP contribution is 2.38. The van der Waals surface area contributed by atoms with Gasteiger partial charge in [-0.2, -0.15) is 0 Å². The highest BCUT2D eigenvalue weighted by molar-refractivity contribution is 6.09. The van der Waals surface area contributed by atoms with E-state index in [1.807, 2.05) is 6.07 Å². The number of amidine groups is 2. The monoisotopic (exact) mass is 339 g/mol. The van der Waals surface area contributed by atoms with E-state index >= 15 is 0 Å². The summed E-state index contributed by atoms with van der Waals surface area (Å²) in [5, 5.41) is 0. The van der Waals surface area contributed by atoms with Crippen LogP contribution in [0.4, 0.5) is 0 Å². The molecule has 1 heterocycles. The van der Waals surface area contributed by atoms with Crippen LogP contribution in [0.3, 0.4) is 0 Å². The Morgan fingerprint density at radius 3 is 2.04 bits per heavy atom. The van der Waals surface area contributed by atoms with E-state index in [2.05, 4.69) is 70.7 Å². The summed E-state index contributed by atoms with van der Waals surface area (Å²) >= 11 is 0. The first-order valence-corrected chi connectivity index (χ1v) is 9.68. The van der Waals surface area contributed by atoms with Gasteiger partial charge in [0, 0.05) is 22.4 Å². The van der Waals surface area contributed by atoms with Gasteiger partial charge in [-0.3, -0.25) is 0 Å². The highest BCUT2D eigenvalue weighted by Gasteiger charge is 2.43. The molecule has 3 heteroatoms. The third-order valence-electron chi connectivity index (χ3n) is 5.16. The van der Waals surface area contributed by atoms with E-state index in [1.165, 1.54) is 31.5 Å². The van der Waals surface area contributed by atoms with E-state index in [9.17, 15) is 0 Å². The van der Waals surface area contributed by atoms with E-state index in [4.69, 9.17) is 9.98 Å². The molecule has 0 bridgehead atoms. The van der Waals surface area contributed by atoms with Gasteiger partial charge in [0.15, 0.2) is 5.84 Å². The Bertz CT molecular complexity index is 653. The molecule has 25 heavy (non-hydrogen) atoms. The van der Waals surface area contributed by atoms with Gasteiger partial charge < -0.3 is 4.90 Å². The van der Waals surface area contributed by atoms with Gasteiger partial charge in [0.25, 0.3) is 0 Å². The van der Waals surface area contributed by atoms with Gasteiger partial charge in [0.05, 0.1) is 0 Å². The van der Waals surface area contributed by atoms with Gasteiger partial charge in [-0.05, 0) is 12.8 Å². The van der Waals surface area contributed by atoms with Gasteiger partial charge in [-0.25, -0.2) is 9.98 Å². The predicted molar refractivity (Wildman–Crippen MR) is 107 cm³/mol. The number of benzene rings is 1. The second-order valence-electron chi connectivity index (χ2n) is 9.59. The summed E-state index contributed by atoms with van der Waals surface area (Å²) in [6, 6.07) is 11.0. The largest absolute Gasteiger partial charge is 0.334 e. The topological polar surface area (TPSA) is 28.0 Å². The average Bonchev–Trinajstić information content (AvgIpc) is 3.07. The lowest BCUT2D eigenvalue weighted by Gasteiger charge is -2.48. The Morgan fingerprint density at radius 1 is 0.920 bits per heavy atom. The fourth-order valence-corrected chi connectivity index (χ4v) is 3.93. The van der Waals surface area contributed by atoms with Crippen LogP contribution in [0.1, 0.15) is 72.8 Å². The molecular weight excluding hydrogens is 306 g/mol. The van der Waals surface area contributed by atoms with E-state index in [0.717, 1.165) is 11.4 Å². The zero-order chi connectivity index (χ0) is 18.2. The quantitative estimate of drug-likeness (QED) is 0.698. The second-order valence-corrected chi connectivity index (χ2v) is 9.59. The van der Waals surface area contributed by atoms with Crippen molar-refractivity contribution in [1.82, 2.24) is 4.90 Å². The molecule has 1 aromatic rings. The van der Waals surface area contributed by atoms with Crippen molar-refractivity contribution in [3.8, 4) is 0 Å². The lowest BCUT2D eigenvalue weighted by atomic mass is 9.85. The molecule has 1 aliphatic carbocycles. The van der Waals surface area contributed by atoms with Crippen LogP contribution in [0.15, 0.2) is 40.3 Å². The Labute approximate surface area is 153 Å². The van der Waals surface area contributed by atoms with Crippen molar-refractivity contribution >= 4 is 11.7 Å². The standard InChI is InChI=1S/C22H33N3/c1-21(2,3)19-23-18(16-12-8-7-9-13-16)24-20(22(4,5)6)25(19)17-14-10-11-15-17/h7-9,12-13,17,19H,10-11,14-15H2,1-6H3. The molecule has 0 saturated heterocycles. The van der Waals surface area contributed by atoms with E-state index in [-0.39, 0.29) is 17.0 Å². The molecule has 136 valence electrons. The molecule has 0 amide bonds. The number of hydrogen-bond acceptors (Lipinski definition) is 3. The van der Waals surface area contributed by atoms with E-state index in [0.29, 0.717) is 6.04 Å². The zero-order valence-corrected chi connectivity index (χ0v) is 16.7. The number of rotatable bonds is 2. The summed E-state index contributed by atoms with van der Waals surface area (Å²) in [5.41, 5.74) is 1.18. The Hall–Kier alpha value is -1.64. The van der Waals surface area contributed by atoms with Crippen molar-refractivity contribution in [3.63, 3.8) is 0 Å². The maximum Gasteiger partial charge on any atom is 0.158 e. The van der Waals surface area contributed by atoms with Crippen molar-refractivity contribution in [2.75, 3.05) is 0 Å². The van der Waals surface area contributed by atoms with Gasteiger partial charge in [0.1, 0.15) is 12.0 Å². The first-order valence-electron chi connectivity index (χ1n) is 9.68. The first kappa shape index (κ1) is 18.2. The number of nitrogens with zero attached hydrogens (tertiary/aromatic N) is 3. The van der Waals surface area contributed by atoms with Crippen LogP contribution in [-0.2, 0) is 0 Å². The minimum Gasteiger partial charge on any atom is -0.334 e. The molecule has 3 rings (SSSR count). The molecular formula is C22H33N3. The van der Waals surface area contributed by atoms with Gasteiger partial charge in [-0.1, -0.05) is 84.7 Å². The molecule has 1 atom stereocenters. The van der Waals surface area contributed by atoms with Crippen molar-refractivity contribution in [3.05, 3.63) is 35.9 Å². The normalized spacial score (nSPS) is 22.8. The minimum absolute atomic E-state index is 0.00204. The van der Waals surface area contributed by atoms with Crippen LogP contribution in [0.2, 0.25) is 0 Å². The van der Waals surface area contributed by atoms with Crippen molar-refractivity contribution < 1.29 is 0 Å². The molecule has 1 aromatic carbocycles. The summed E-state index contributed by atoms with van der Waals surface area (Å²) < 4.78 is 0. The molecule has 0 aromatic heterocycles. The molecule has 1 fully saturated rings. The lowest BCUT2D eigenvalue weighted by molar-refractivity contribution is 0.122. The first-order chi connectivity index (χ1) is 11.7. The molecule has 2 aliphatic rings. The Balaban J connectivity index is 2.12. The van der Waals surface area contributed by atoms with Crippen LogP contribution in [0.25, 0.3) is 0 Å². The molecule has 3 nitrogen and oxygen atoms in total. The predicted octanol–water partition coefficient (Wildman–Crippen LogP) is 5.51. The van der Waals surface area contributed by atoms with Crippen LogP contribution in [0, 0.1) is 10.8 Å². The fraction of sp³-hybridized carbons (Fsp3) is 0.636. The maximum atomic E-state index is 5.17. The lowest BCUT2D eigenvalue weighted by Crippen LogP contribution is -2.56. The second kappa shape index (κ2) is 6.59. The van der Waals surface area contributed by atoms with Crippen molar-refractivity contribution in [2.24, 2.45) is 20.8 Å². The van der Waals surface area contributed by atoms with Gasteiger partial charge >= 0.3 is 0 Å². The summed E-state index contributed by atoms with van der Waals surface area (Å²) in [7, 11) is 0. The summed E-state index contributed by atoms with van der Waals surface area (Å²) in [4.78, 5) is 12.8. The molecule has 0 radical (unpaired) electrons. The Morgan fingerprint density at radius 2 is 1.52 bits per heavy atom. The molecule has 1 saturated carbocycles. The summed E-state index contributed by atoms with van der Waals surface area (Å²) in [6.45, 7) is 13.7. The smallest absolute Gasteiger partial charge is 0.158 e. The Kier molecular flexibility index (Phi) is 4.78. The maximum absolute atomic E-state index is 5.17. The third kappa shape index (κ3) is 3.80. The van der Waals surface area contributed by atoms with Crippen LogP contribution < -0.4 is 0 Å². The van der Waals surface area contributed by atoms with E-state index in [1.54, 1.807) is 0 Å². The molecule has 1 unspecified atom stereocenters. The molecule has 0 N–H and O–H groups in total.